The van der Waals surface area contributed by atoms with E-state index in [2.05, 4.69) is 12.2 Å². The van der Waals surface area contributed by atoms with Crippen LogP contribution in [0.2, 0.25) is 0 Å². The third-order valence-corrected chi connectivity index (χ3v) is 4.18. The van der Waals surface area contributed by atoms with Crippen molar-refractivity contribution in [3.63, 3.8) is 0 Å². The molecule has 0 radical (unpaired) electrons. The lowest BCUT2D eigenvalue weighted by atomic mass is 9.99. The van der Waals surface area contributed by atoms with Gasteiger partial charge in [0.05, 0.1) is 13.2 Å². The van der Waals surface area contributed by atoms with Crippen LogP contribution < -0.4 is 15.5 Å². The number of benzene rings is 2. The van der Waals surface area contributed by atoms with Crippen LogP contribution in [0.5, 0.6) is 5.75 Å². The Kier molecular flexibility index (Phi) is 7.17. The number of hydrogen-bond donors (Lipinski definition) is 3. The van der Waals surface area contributed by atoms with E-state index in [1.54, 1.807) is 61.1 Å². The molecule has 2 rings (SSSR count). The largest absolute Gasteiger partial charge is 0.497 e. The quantitative estimate of drug-likeness (QED) is 0.499. The van der Waals surface area contributed by atoms with Gasteiger partial charge in [-0.2, -0.15) is 0 Å². The van der Waals surface area contributed by atoms with Gasteiger partial charge in [0, 0.05) is 11.1 Å². The maximum atomic E-state index is 12.6. The fourth-order valence-corrected chi connectivity index (χ4v) is 2.65. The van der Waals surface area contributed by atoms with E-state index in [9.17, 15) is 9.59 Å². The van der Waals surface area contributed by atoms with Crippen LogP contribution in [0.15, 0.2) is 48.5 Å². The Hall–Kier alpha value is -2.86. The molecule has 1 unspecified atom stereocenters. The number of carbonyl (C=O) groups excluding carboxylic acids is 2. The Labute approximate surface area is 153 Å². The lowest BCUT2D eigenvalue weighted by molar-refractivity contribution is 0.0706. The van der Waals surface area contributed by atoms with Crippen LogP contribution in [0.3, 0.4) is 0 Å². The van der Waals surface area contributed by atoms with Gasteiger partial charge in [0.15, 0.2) is 0 Å². The summed E-state index contributed by atoms with van der Waals surface area (Å²) in [5.74, 6) is -0.0308. The summed E-state index contributed by atoms with van der Waals surface area (Å²) in [6.07, 6.45) is 2.77. The van der Waals surface area contributed by atoms with E-state index in [1.165, 1.54) is 0 Å². The number of nitrogens with one attached hydrogen (secondary N) is 2. The fraction of sp³-hybridized carbons (Fsp3) is 0.300. The average molecular weight is 356 g/mol. The Morgan fingerprint density at radius 2 is 1.58 bits per heavy atom. The van der Waals surface area contributed by atoms with Gasteiger partial charge in [-0.05, 0) is 48.4 Å². The summed E-state index contributed by atoms with van der Waals surface area (Å²) >= 11 is 0. The van der Waals surface area contributed by atoms with E-state index in [0.717, 1.165) is 24.8 Å². The topological polar surface area (TPSA) is 87.7 Å². The van der Waals surface area contributed by atoms with Crippen molar-refractivity contribution in [1.29, 1.82) is 0 Å². The molecule has 0 saturated carbocycles. The summed E-state index contributed by atoms with van der Waals surface area (Å²) < 4.78 is 5.11. The molecule has 0 fully saturated rings. The number of ether oxygens (including phenoxy) is 1. The van der Waals surface area contributed by atoms with Crippen molar-refractivity contribution in [3.8, 4) is 5.75 Å². The minimum absolute atomic E-state index is 0.157. The summed E-state index contributed by atoms with van der Waals surface area (Å²) in [5.41, 5.74) is 3.43. The van der Waals surface area contributed by atoms with Gasteiger partial charge in [0.25, 0.3) is 11.8 Å². The SMILES string of the molecule is CCCCC(NC(=O)c1ccc(OC)cc1)c1ccc(C(=O)NO)cc1. The predicted molar refractivity (Wildman–Crippen MR) is 98.4 cm³/mol. The van der Waals surface area contributed by atoms with Crippen molar-refractivity contribution < 1.29 is 19.5 Å². The predicted octanol–water partition coefficient (Wildman–Crippen LogP) is 3.48. The molecule has 0 aliphatic carbocycles. The second-order valence-corrected chi connectivity index (χ2v) is 5.96. The van der Waals surface area contributed by atoms with Gasteiger partial charge in [-0.1, -0.05) is 31.9 Å². The highest BCUT2D eigenvalue weighted by Crippen LogP contribution is 2.21. The zero-order valence-electron chi connectivity index (χ0n) is 15.0. The minimum atomic E-state index is -0.566. The second-order valence-electron chi connectivity index (χ2n) is 5.96. The standard InChI is InChI=1S/C20H24N2O4/c1-3-4-5-18(14-6-8-16(9-7-14)20(24)22-25)21-19(23)15-10-12-17(26-2)13-11-15/h6-13,18,25H,3-5H2,1-2H3,(H,21,23)(H,22,24). The molecular formula is C20H24N2O4. The number of carbonyl (C=O) groups is 2. The van der Waals surface area contributed by atoms with Gasteiger partial charge in [-0.15, -0.1) is 0 Å². The van der Waals surface area contributed by atoms with E-state index in [0.29, 0.717) is 16.9 Å². The Balaban J connectivity index is 2.15. The zero-order chi connectivity index (χ0) is 18.9. The molecule has 0 bridgehead atoms. The smallest absolute Gasteiger partial charge is 0.274 e. The second kappa shape index (κ2) is 9.58. The number of rotatable bonds is 8. The van der Waals surface area contributed by atoms with Gasteiger partial charge in [0.2, 0.25) is 0 Å². The molecule has 0 saturated heterocycles. The molecule has 6 heteroatoms. The van der Waals surface area contributed by atoms with Crippen LogP contribution in [0.1, 0.15) is 58.5 Å². The van der Waals surface area contributed by atoms with Gasteiger partial charge in [-0.3, -0.25) is 14.8 Å². The Morgan fingerprint density at radius 3 is 2.12 bits per heavy atom. The van der Waals surface area contributed by atoms with E-state index >= 15 is 0 Å². The summed E-state index contributed by atoms with van der Waals surface area (Å²) in [6.45, 7) is 2.09. The van der Waals surface area contributed by atoms with Crippen LogP contribution in [-0.2, 0) is 0 Å². The third kappa shape index (κ3) is 5.07. The summed E-state index contributed by atoms with van der Waals surface area (Å²) in [4.78, 5) is 24.0. The van der Waals surface area contributed by atoms with Crippen molar-refractivity contribution >= 4 is 11.8 Å². The number of hydrogen-bond acceptors (Lipinski definition) is 4. The maximum absolute atomic E-state index is 12.6. The van der Waals surface area contributed by atoms with Gasteiger partial charge in [0.1, 0.15) is 5.75 Å². The van der Waals surface area contributed by atoms with Crippen LogP contribution >= 0.6 is 0 Å². The average Bonchev–Trinajstić information content (AvgIpc) is 2.70. The zero-order valence-corrected chi connectivity index (χ0v) is 15.0. The Morgan fingerprint density at radius 1 is 1.00 bits per heavy atom. The molecule has 0 aliphatic heterocycles. The Bertz CT molecular complexity index is 726. The molecule has 6 nitrogen and oxygen atoms in total. The van der Waals surface area contributed by atoms with Crippen LogP contribution in [0.25, 0.3) is 0 Å². The summed E-state index contributed by atoms with van der Waals surface area (Å²) in [6, 6.07) is 13.6. The minimum Gasteiger partial charge on any atom is -0.497 e. The number of methoxy groups -OCH3 is 1. The molecule has 0 aromatic heterocycles. The van der Waals surface area contributed by atoms with E-state index in [-0.39, 0.29) is 11.9 Å². The maximum Gasteiger partial charge on any atom is 0.274 e. The molecular weight excluding hydrogens is 332 g/mol. The molecule has 0 aliphatic rings. The molecule has 2 aromatic rings. The molecule has 2 amide bonds. The van der Waals surface area contributed by atoms with Gasteiger partial charge < -0.3 is 10.1 Å². The number of hydroxylamine groups is 1. The normalized spacial score (nSPS) is 11.5. The van der Waals surface area contributed by atoms with Crippen molar-refractivity contribution in [2.24, 2.45) is 0 Å². The first-order valence-corrected chi connectivity index (χ1v) is 8.58. The number of amides is 2. The van der Waals surface area contributed by atoms with E-state index in [4.69, 9.17) is 9.94 Å². The molecule has 138 valence electrons. The molecule has 1 atom stereocenters. The highest BCUT2D eigenvalue weighted by molar-refractivity contribution is 5.95. The van der Waals surface area contributed by atoms with E-state index in [1.807, 2.05) is 0 Å². The summed E-state index contributed by atoms with van der Waals surface area (Å²) in [7, 11) is 1.58. The molecule has 0 heterocycles. The molecule has 26 heavy (non-hydrogen) atoms. The van der Waals surface area contributed by atoms with Crippen molar-refractivity contribution in [3.05, 3.63) is 65.2 Å². The lowest BCUT2D eigenvalue weighted by Gasteiger charge is -2.19. The molecule has 0 spiro atoms. The van der Waals surface area contributed by atoms with Crippen molar-refractivity contribution in [1.82, 2.24) is 10.8 Å². The van der Waals surface area contributed by atoms with Gasteiger partial charge >= 0.3 is 0 Å². The van der Waals surface area contributed by atoms with Crippen molar-refractivity contribution in [2.75, 3.05) is 7.11 Å². The van der Waals surface area contributed by atoms with Crippen LogP contribution in [0, 0.1) is 0 Å². The third-order valence-electron chi connectivity index (χ3n) is 4.18. The van der Waals surface area contributed by atoms with E-state index < -0.39 is 5.91 Å². The summed E-state index contributed by atoms with van der Waals surface area (Å²) in [5, 5.41) is 11.8. The van der Waals surface area contributed by atoms with Crippen LogP contribution in [0.4, 0.5) is 0 Å². The van der Waals surface area contributed by atoms with Crippen LogP contribution in [-0.4, -0.2) is 24.1 Å². The first-order valence-electron chi connectivity index (χ1n) is 8.58. The number of unbranched alkanes of at least 4 members (excludes halogenated alkanes) is 1. The molecule has 3 N–H and O–H groups in total. The fourth-order valence-electron chi connectivity index (χ4n) is 2.65. The first-order chi connectivity index (χ1) is 12.6. The lowest BCUT2D eigenvalue weighted by Crippen LogP contribution is -2.28. The van der Waals surface area contributed by atoms with Gasteiger partial charge in [-0.25, -0.2) is 5.48 Å². The monoisotopic (exact) mass is 356 g/mol. The first kappa shape index (κ1) is 19.5. The molecule has 2 aromatic carbocycles. The highest BCUT2D eigenvalue weighted by Gasteiger charge is 2.16. The van der Waals surface area contributed by atoms with Crippen molar-refractivity contribution in [2.45, 2.75) is 32.2 Å². The highest BCUT2D eigenvalue weighted by atomic mass is 16.5.